The first kappa shape index (κ1) is 21.2. The molecule has 1 amide bonds. The molecular formula is C21H32ClNO2Si. The Kier molecular flexibility index (Phi) is 7.11. The second-order valence-corrected chi connectivity index (χ2v) is 13.9. The van der Waals surface area contributed by atoms with E-state index in [1.165, 1.54) is 0 Å². The average molecular weight is 394 g/mol. The van der Waals surface area contributed by atoms with Crippen LogP contribution in [-0.4, -0.2) is 37.2 Å². The van der Waals surface area contributed by atoms with Crippen LogP contribution in [0.4, 0.5) is 0 Å². The second kappa shape index (κ2) is 8.72. The van der Waals surface area contributed by atoms with Gasteiger partial charge in [-0.3, -0.25) is 4.79 Å². The van der Waals surface area contributed by atoms with Crippen molar-refractivity contribution >= 4 is 25.8 Å². The molecule has 0 aromatic heterocycles. The van der Waals surface area contributed by atoms with Crippen LogP contribution < -0.4 is 0 Å². The molecule has 0 N–H and O–H groups in total. The summed E-state index contributed by atoms with van der Waals surface area (Å²) in [6.07, 6.45) is 5.52. The third kappa shape index (κ3) is 5.70. The molecule has 0 saturated heterocycles. The monoisotopic (exact) mass is 393 g/mol. The van der Waals surface area contributed by atoms with Gasteiger partial charge in [0.15, 0.2) is 8.32 Å². The molecule has 0 fully saturated rings. The Bertz CT molecular complexity index is 625. The van der Waals surface area contributed by atoms with E-state index in [1.807, 2.05) is 41.3 Å². The molecule has 2 rings (SSSR count). The van der Waals surface area contributed by atoms with Gasteiger partial charge in [0, 0.05) is 13.1 Å². The predicted octanol–water partition coefficient (Wildman–Crippen LogP) is 5.36. The van der Waals surface area contributed by atoms with E-state index >= 15 is 0 Å². The van der Waals surface area contributed by atoms with E-state index in [0.29, 0.717) is 19.5 Å². The molecule has 1 heterocycles. The average Bonchev–Trinajstić information content (AvgIpc) is 2.61. The minimum Gasteiger partial charge on any atom is -0.412 e. The molecule has 0 unspecified atom stereocenters. The third-order valence-corrected chi connectivity index (χ3v) is 10.3. The number of benzene rings is 1. The van der Waals surface area contributed by atoms with Crippen LogP contribution in [0, 0.1) is 0 Å². The topological polar surface area (TPSA) is 29.5 Å². The Labute approximate surface area is 164 Å². The number of nitrogens with zero attached hydrogens (tertiary/aromatic N) is 1. The lowest BCUT2D eigenvalue weighted by atomic mass is 10.2. The molecule has 1 aromatic carbocycles. The van der Waals surface area contributed by atoms with Crippen molar-refractivity contribution in [2.45, 2.75) is 69.8 Å². The summed E-state index contributed by atoms with van der Waals surface area (Å²) in [6.45, 7) is 12.4. The van der Waals surface area contributed by atoms with Crippen molar-refractivity contribution in [2.24, 2.45) is 0 Å². The van der Waals surface area contributed by atoms with Crippen molar-refractivity contribution in [1.82, 2.24) is 4.90 Å². The summed E-state index contributed by atoms with van der Waals surface area (Å²) < 4.78 is 6.64. The van der Waals surface area contributed by atoms with Crippen LogP contribution in [0.15, 0.2) is 42.5 Å². The van der Waals surface area contributed by atoms with E-state index in [0.717, 1.165) is 12.0 Å². The van der Waals surface area contributed by atoms with Gasteiger partial charge in [-0.1, -0.05) is 63.3 Å². The third-order valence-electron chi connectivity index (χ3n) is 5.40. The van der Waals surface area contributed by atoms with Crippen molar-refractivity contribution in [3.63, 3.8) is 0 Å². The smallest absolute Gasteiger partial charge is 0.241 e. The number of hydrogen-bond donors (Lipinski definition) is 0. The number of amides is 1. The van der Waals surface area contributed by atoms with Crippen LogP contribution in [0.25, 0.3) is 0 Å². The Hall–Kier alpha value is -1.10. The Morgan fingerprint density at radius 3 is 2.38 bits per heavy atom. The van der Waals surface area contributed by atoms with Crippen LogP contribution in [0.1, 0.15) is 39.2 Å². The van der Waals surface area contributed by atoms with Crippen LogP contribution in [0.2, 0.25) is 18.1 Å². The minimum atomic E-state index is -1.91. The van der Waals surface area contributed by atoms with Crippen LogP contribution in [0.5, 0.6) is 0 Å². The van der Waals surface area contributed by atoms with Gasteiger partial charge in [0.05, 0.1) is 6.10 Å². The lowest BCUT2D eigenvalue weighted by molar-refractivity contribution is -0.132. The van der Waals surface area contributed by atoms with Gasteiger partial charge in [0.2, 0.25) is 5.91 Å². The van der Waals surface area contributed by atoms with Crippen molar-refractivity contribution in [1.29, 1.82) is 0 Å². The highest BCUT2D eigenvalue weighted by molar-refractivity contribution is 6.74. The van der Waals surface area contributed by atoms with Crippen molar-refractivity contribution in [3.05, 3.63) is 48.0 Å². The number of halogens is 1. The molecule has 1 aliphatic heterocycles. The lowest BCUT2D eigenvalue weighted by Crippen LogP contribution is -2.48. The zero-order valence-corrected chi connectivity index (χ0v) is 18.4. The maximum absolute atomic E-state index is 12.9. The zero-order valence-electron chi connectivity index (χ0n) is 16.7. The van der Waals surface area contributed by atoms with Crippen molar-refractivity contribution < 1.29 is 9.22 Å². The molecular weight excluding hydrogens is 362 g/mol. The molecule has 5 heteroatoms. The summed E-state index contributed by atoms with van der Waals surface area (Å²) in [5.41, 5.74) is 1.11. The van der Waals surface area contributed by atoms with E-state index in [1.54, 1.807) is 0 Å². The van der Waals surface area contributed by atoms with E-state index in [2.05, 4.69) is 39.9 Å². The summed E-state index contributed by atoms with van der Waals surface area (Å²) in [5.74, 6) is -0.00842. The molecule has 2 atom stereocenters. The van der Waals surface area contributed by atoms with Crippen molar-refractivity contribution in [2.75, 3.05) is 6.54 Å². The molecule has 0 saturated carbocycles. The highest BCUT2D eigenvalue weighted by Gasteiger charge is 2.39. The molecule has 3 nitrogen and oxygen atoms in total. The van der Waals surface area contributed by atoms with Gasteiger partial charge in [-0.15, -0.1) is 11.6 Å². The standard InChI is InChI=1S/C21H32ClNO2Si/c1-21(2,3)26(4,5)25-18-13-9-10-14-19(22)20(24)23(16-18)15-17-11-7-6-8-12-17/h6-12,18-19H,13-16H2,1-5H3/b10-9+/t18-,19+/m1/s1. The van der Waals surface area contributed by atoms with Gasteiger partial charge in [-0.05, 0) is 36.5 Å². The zero-order chi connectivity index (χ0) is 19.4. The van der Waals surface area contributed by atoms with Crippen LogP contribution >= 0.6 is 11.6 Å². The minimum absolute atomic E-state index is 0.00164. The van der Waals surface area contributed by atoms with Gasteiger partial charge >= 0.3 is 0 Å². The van der Waals surface area contributed by atoms with Gasteiger partial charge < -0.3 is 9.33 Å². The fourth-order valence-corrected chi connectivity index (χ4v) is 4.40. The fraction of sp³-hybridized carbons (Fsp3) is 0.571. The summed E-state index contributed by atoms with van der Waals surface area (Å²) in [6, 6.07) is 10.1. The summed E-state index contributed by atoms with van der Waals surface area (Å²) >= 11 is 6.36. The van der Waals surface area contributed by atoms with Crippen LogP contribution in [0.3, 0.4) is 0 Å². The number of carbonyl (C=O) groups excluding carboxylic acids is 1. The van der Waals surface area contributed by atoms with E-state index in [-0.39, 0.29) is 17.0 Å². The molecule has 0 bridgehead atoms. The van der Waals surface area contributed by atoms with Gasteiger partial charge in [-0.2, -0.15) is 0 Å². The maximum atomic E-state index is 12.9. The van der Waals surface area contributed by atoms with Crippen LogP contribution in [-0.2, 0) is 15.8 Å². The number of alkyl halides is 1. The molecule has 26 heavy (non-hydrogen) atoms. The second-order valence-electron chi connectivity index (χ2n) is 8.61. The SMILES string of the molecule is CC(C)(C)[Si](C)(C)O[C@@H]1C/C=C/C[C@H](Cl)C(=O)N(Cc2ccccc2)C1. The number of rotatable bonds is 4. The predicted molar refractivity (Wildman–Crippen MR) is 112 cm³/mol. The quantitative estimate of drug-likeness (QED) is 0.391. The number of hydrogen-bond acceptors (Lipinski definition) is 2. The van der Waals surface area contributed by atoms with E-state index in [4.69, 9.17) is 16.0 Å². The fourth-order valence-electron chi connectivity index (χ4n) is 2.80. The number of allylic oxidation sites excluding steroid dienone is 1. The van der Waals surface area contributed by atoms with Gasteiger partial charge in [0.25, 0.3) is 0 Å². The first-order chi connectivity index (χ1) is 12.1. The normalized spacial score (nSPS) is 23.9. The molecule has 0 spiro atoms. The molecule has 1 aliphatic rings. The molecule has 1 aromatic rings. The molecule has 144 valence electrons. The molecule has 0 radical (unpaired) electrons. The summed E-state index contributed by atoms with van der Waals surface area (Å²) in [4.78, 5) is 14.8. The highest BCUT2D eigenvalue weighted by atomic mass is 35.5. The van der Waals surface area contributed by atoms with Crippen molar-refractivity contribution in [3.8, 4) is 0 Å². The first-order valence-electron chi connectivity index (χ1n) is 9.40. The largest absolute Gasteiger partial charge is 0.412 e. The maximum Gasteiger partial charge on any atom is 0.241 e. The Morgan fingerprint density at radius 2 is 1.77 bits per heavy atom. The first-order valence-corrected chi connectivity index (χ1v) is 12.7. The summed E-state index contributed by atoms with van der Waals surface area (Å²) in [5, 5.41) is -0.375. The number of carbonyl (C=O) groups is 1. The van der Waals surface area contributed by atoms with Gasteiger partial charge in [0.1, 0.15) is 5.38 Å². The lowest BCUT2D eigenvalue weighted by Gasteiger charge is -2.40. The van der Waals surface area contributed by atoms with E-state index < -0.39 is 13.7 Å². The Balaban J connectivity index is 2.21. The molecule has 0 aliphatic carbocycles. The Morgan fingerprint density at radius 1 is 1.15 bits per heavy atom. The van der Waals surface area contributed by atoms with Gasteiger partial charge in [-0.25, -0.2) is 0 Å². The highest BCUT2D eigenvalue weighted by Crippen LogP contribution is 2.38. The van der Waals surface area contributed by atoms with E-state index in [9.17, 15) is 4.79 Å². The summed E-state index contributed by atoms with van der Waals surface area (Å²) in [7, 11) is -1.91.